The molecule has 11 nitrogen and oxygen atoms in total. The maximum Gasteiger partial charge on any atom is 0.323 e. The van der Waals surface area contributed by atoms with Gasteiger partial charge in [-0.15, -0.1) is 0 Å². The number of nitrogens with zero attached hydrogens (tertiary/aromatic N) is 3. The Morgan fingerprint density at radius 1 is 1.11 bits per heavy atom. The molecule has 11 heteroatoms. The smallest absolute Gasteiger partial charge is 0.323 e. The lowest BCUT2D eigenvalue weighted by molar-refractivity contribution is -0.122. The van der Waals surface area contributed by atoms with Crippen molar-refractivity contribution in [1.82, 2.24) is 25.8 Å². The van der Waals surface area contributed by atoms with Gasteiger partial charge in [-0.3, -0.25) is 14.9 Å². The van der Waals surface area contributed by atoms with Crippen molar-refractivity contribution in [3.05, 3.63) is 64.7 Å². The van der Waals surface area contributed by atoms with E-state index in [0.29, 0.717) is 35.7 Å². The first-order chi connectivity index (χ1) is 18.4. The third kappa shape index (κ3) is 4.86. The molecule has 5 rings (SSSR count). The largest absolute Gasteiger partial charge is 0.497 e. The quantitative estimate of drug-likeness (QED) is 0.115. The number of carbonyl (C=O) groups excluding carboxylic acids is 3. The van der Waals surface area contributed by atoms with Gasteiger partial charge in [0.2, 0.25) is 5.54 Å². The first-order valence-corrected chi connectivity index (χ1v) is 12.3. The van der Waals surface area contributed by atoms with Crippen molar-refractivity contribution >= 4 is 23.7 Å². The molecule has 196 valence electrons. The molecule has 3 heterocycles. The Hall–Kier alpha value is -4.56. The van der Waals surface area contributed by atoms with Crippen molar-refractivity contribution in [3.63, 3.8) is 0 Å². The molecule has 0 aromatic heterocycles. The molecule has 0 bridgehead atoms. The molecule has 0 radical (unpaired) electrons. The van der Waals surface area contributed by atoms with E-state index >= 15 is 0 Å². The van der Waals surface area contributed by atoms with Gasteiger partial charge in [0.25, 0.3) is 11.8 Å². The van der Waals surface area contributed by atoms with E-state index in [2.05, 4.69) is 32.9 Å². The average molecular weight is 517 g/mol. The molecule has 0 spiro atoms. The number of hydrogen-bond donors (Lipinski definition) is 4. The molecule has 0 unspecified atom stereocenters. The average Bonchev–Trinajstić information content (AvgIpc) is 3.23. The van der Waals surface area contributed by atoms with Gasteiger partial charge in [0.15, 0.2) is 5.84 Å². The van der Waals surface area contributed by atoms with Crippen molar-refractivity contribution in [2.75, 3.05) is 46.4 Å². The predicted octanol–water partition coefficient (Wildman–Crippen LogP) is 0.364. The van der Waals surface area contributed by atoms with E-state index in [1.807, 2.05) is 11.0 Å². The van der Waals surface area contributed by atoms with Crippen LogP contribution in [0.3, 0.4) is 0 Å². The van der Waals surface area contributed by atoms with Gasteiger partial charge in [-0.05, 0) is 54.4 Å². The first kappa shape index (κ1) is 25.1. The number of amidine groups is 1. The first-order valence-electron chi connectivity index (χ1n) is 12.3. The van der Waals surface area contributed by atoms with E-state index in [4.69, 9.17) is 4.74 Å². The standard InChI is InChI=1S/C27H28N6O5/c1-38-21-6-7-22-20(16-21)9-13-33(24(22)34)17-27(25(35)29-26(36)30-27)10-8-18-2-4-19(5-3-18)23(31-37)32-14-11-28-12-15-32/h2-7,16,28,37H,9,11-15,17H2,1H3,(H2,29,30,35,36)/b31-23+/t27-/m1/s1. The van der Waals surface area contributed by atoms with Gasteiger partial charge in [-0.25, -0.2) is 4.79 Å². The SMILES string of the molecule is COc1ccc2c(c1)CCN(C[C@@]1(C#Cc3ccc(/C(=N\O)N4CCNCC4)cc3)NC(=O)NC1=O)C2=O. The maximum atomic E-state index is 13.2. The number of piperazine rings is 1. The zero-order valence-electron chi connectivity index (χ0n) is 20.9. The predicted molar refractivity (Wildman–Crippen MR) is 138 cm³/mol. The fraction of sp³-hybridized carbons (Fsp3) is 0.333. The van der Waals surface area contributed by atoms with Crippen LogP contribution in [-0.4, -0.2) is 90.6 Å². The number of nitrogens with one attached hydrogen (secondary N) is 3. The van der Waals surface area contributed by atoms with Crippen LogP contribution in [0.1, 0.15) is 27.0 Å². The van der Waals surface area contributed by atoms with E-state index in [1.54, 1.807) is 43.5 Å². The molecule has 2 aromatic carbocycles. The van der Waals surface area contributed by atoms with Crippen LogP contribution < -0.4 is 20.7 Å². The number of methoxy groups -OCH3 is 1. The topological polar surface area (TPSA) is 136 Å². The zero-order valence-corrected chi connectivity index (χ0v) is 20.9. The van der Waals surface area contributed by atoms with Gasteiger partial charge in [-0.2, -0.15) is 0 Å². The summed E-state index contributed by atoms with van der Waals surface area (Å²) in [6.07, 6.45) is 0.584. The van der Waals surface area contributed by atoms with Crippen molar-refractivity contribution < 1.29 is 24.3 Å². The minimum Gasteiger partial charge on any atom is -0.497 e. The van der Waals surface area contributed by atoms with Gasteiger partial charge in [-0.1, -0.05) is 17.0 Å². The van der Waals surface area contributed by atoms with Crippen LogP contribution in [0.4, 0.5) is 4.79 Å². The fourth-order valence-electron chi connectivity index (χ4n) is 4.87. The van der Waals surface area contributed by atoms with Gasteiger partial charge in [0.1, 0.15) is 5.75 Å². The molecule has 38 heavy (non-hydrogen) atoms. The van der Waals surface area contributed by atoms with Crippen LogP contribution >= 0.6 is 0 Å². The number of amides is 4. The van der Waals surface area contributed by atoms with Gasteiger partial charge in [0, 0.05) is 49.4 Å². The summed E-state index contributed by atoms with van der Waals surface area (Å²) in [7, 11) is 1.57. The second-order valence-electron chi connectivity index (χ2n) is 9.30. The highest BCUT2D eigenvalue weighted by atomic mass is 16.5. The van der Waals surface area contributed by atoms with E-state index in [-0.39, 0.29) is 12.5 Å². The van der Waals surface area contributed by atoms with E-state index in [0.717, 1.165) is 37.3 Å². The van der Waals surface area contributed by atoms with Crippen LogP contribution in [0, 0.1) is 11.8 Å². The monoisotopic (exact) mass is 516 g/mol. The number of ether oxygens (including phenoxy) is 1. The highest BCUT2D eigenvalue weighted by molar-refractivity contribution is 6.10. The van der Waals surface area contributed by atoms with Gasteiger partial charge in [0.05, 0.1) is 13.7 Å². The second kappa shape index (κ2) is 10.4. The normalized spacial score (nSPS) is 21.3. The molecule has 3 aliphatic heterocycles. The molecule has 0 saturated carbocycles. The molecule has 4 N–H and O–H groups in total. The molecule has 2 aromatic rings. The lowest BCUT2D eigenvalue weighted by Gasteiger charge is -2.33. The Labute approximate surface area is 219 Å². The molecule has 3 aliphatic rings. The fourth-order valence-corrected chi connectivity index (χ4v) is 4.87. The summed E-state index contributed by atoms with van der Waals surface area (Å²) in [5.74, 6) is 6.20. The van der Waals surface area contributed by atoms with Crippen molar-refractivity contribution in [3.8, 4) is 17.6 Å². The number of hydrogen-bond acceptors (Lipinski definition) is 7. The van der Waals surface area contributed by atoms with Crippen LogP contribution in [0.5, 0.6) is 5.75 Å². The van der Waals surface area contributed by atoms with E-state index in [9.17, 15) is 19.6 Å². The zero-order chi connectivity index (χ0) is 26.7. The minimum absolute atomic E-state index is 0.0930. The summed E-state index contributed by atoms with van der Waals surface area (Å²) in [4.78, 5) is 41.7. The Morgan fingerprint density at radius 3 is 2.53 bits per heavy atom. The van der Waals surface area contributed by atoms with E-state index in [1.165, 1.54) is 4.90 Å². The summed E-state index contributed by atoms with van der Waals surface area (Å²) in [5, 5.41) is 21.2. The Morgan fingerprint density at radius 2 is 1.87 bits per heavy atom. The van der Waals surface area contributed by atoms with Crippen LogP contribution in [0.2, 0.25) is 0 Å². The summed E-state index contributed by atoms with van der Waals surface area (Å²) in [5.41, 5.74) is 1.15. The minimum atomic E-state index is -1.59. The van der Waals surface area contributed by atoms with Crippen molar-refractivity contribution in [2.24, 2.45) is 5.16 Å². The number of rotatable bonds is 4. The lowest BCUT2D eigenvalue weighted by Crippen LogP contribution is -2.56. The number of fused-ring (bicyclic) bond motifs is 1. The lowest BCUT2D eigenvalue weighted by atomic mass is 9.94. The molecule has 2 fully saturated rings. The second-order valence-corrected chi connectivity index (χ2v) is 9.30. The molecule has 2 saturated heterocycles. The number of oxime groups is 1. The Balaban J connectivity index is 1.37. The highest BCUT2D eigenvalue weighted by Gasteiger charge is 2.47. The van der Waals surface area contributed by atoms with E-state index < -0.39 is 17.5 Å². The molecule has 0 aliphatic carbocycles. The van der Waals surface area contributed by atoms with Crippen molar-refractivity contribution in [2.45, 2.75) is 12.0 Å². The third-order valence-corrected chi connectivity index (χ3v) is 6.93. The molecular weight excluding hydrogens is 488 g/mol. The summed E-state index contributed by atoms with van der Waals surface area (Å²) >= 11 is 0. The summed E-state index contributed by atoms with van der Waals surface area (Å²) in [6, 6.07) is 11.7. The third-order valence-electron chi connectivity index (χ3n) is 6.93. The van der Waals surface area contributed by atoms with Crippen LogP contribution in [0.15, 0.2) is 47.6 Å². The highest BCUT2D eigenvalue weighted by Crippen LogP contribution is 2.25. The Bertz CT molecular complexity index is 1360. The number of imide groups is 1. The number of carbonyl (C=O) groups is 3. The molecule has 4 amide bonds. The van der Waals surface area contributed by atoms with Crippen LogP contribution in [0.25, 0.3) is 0 Å². The summed E-state index contributed by atoms with van der Waals surface area (Å²) in [6.45, 7) is 3.34. The Kier molecular flexibility index (Phi) is 6.89. The molecular formula is C27H28N6O5. The van der Waals surface area contributed by atoms with Gasteiger partial charge < -0.3 is 30.4 Å². The van der Waals surface area contributed by atoms with Crippen LogP contribution in [-0.2, 0) is 11.2 Å². The van der Waals surface area contributed by atoms with Crippen molar-refractivity contribution in [1.29, 1.82) is 0 Å². The number of urea groups is 1. The number of benzene rings is 2. The molecule has 1 atom stereocenters. The maximum absolute atomic E-state index is 13.2. The summed E-state index contributed by atoms with van der Waals surface area (Å²) < 4.78 is 5.26. The van der Waals surface area contributed by atoms with Gasteiger partial charge >= 0.3 is 6.03 Å².